The molecule has 2 aromatic rings. The lowest BCUT2D eigenvalue weighted by atomic mass is 10.4. The van der Waals surface area contributed by atoms with Crippen LogP contribution in [0, 0.1) is 13.8 Å². The summed E-state index contributed by atoms with van der Waals surface area (Å²) in [4.78, 5) is 24.4. The molecule has 0 bridgehead atoms. The Hall–Kier alpha value is -1.47. The SMILES string of the molecule is Cc1cc(S[C@H](C)C(=O)Nc2nc(C)cs2)ncn1. The van der Waals surface area contributed by atoms with Crippen LogP contribution in [0.15, 0.2) is 22.8 Å². The van der Waals surface area contributed by atoms with Gasteiger partial charge in [0.25, 0.3) is 0 Å². The average Bonchev–Trinajstić information content (AvgIpc) is 2.74. The van der Waals surface area contributed by atoms with Crippen molar-refractivity contribution in [2.75, 3.05) is 5.32 Å². The zero-order chi connectivity index (χ0) is 13.8. The lowest BCUT2D eigenvalue weighted by Gasteiger charge is -2.09. The first-order valence-corrected chi connectivity index (χ1v) is 7.49. The van der Waals surface area contributed by atoms with Gasteiger partial charge in [0.15, 0.2) is 5.13 Å². The summed E-state index contributed by atoms with van der Waals surface area (Å²) in [5, 5.41) is 5.90. The van der Waals surface area contributed by atoms with Gasteiger partial charge in [0.2, 0.25) is 5.91 Å². The van der Waals surface area contributed by atoms with Crippen molar-refractivity contribution in [2.24, 2.45) is 0 Å². The number of carbonyl (C=O) groups is 1. The summed E-state index contributed by atoms with van der Waals surface area (Å²) >= 11 is 2.83. The quantitative estimate of drug-likeness (QED) is 0.693. The zero-order valence-electron chi connectivity index (χ0n) is 10.9. The maximum atomic E-state index is 12.0. The highest BCUT2D eigenvalue weighted by Crippen LogP contribution is 2.23. The number of hydrogen-bond donors (Lipinski definition) is 1. The Morgan fingerprint density at radius 2 is 2.16 bits per heavy atom. The number of aromatic nitrogens is 3. The molecule has 0 saturated heterocycles. The molecular formula is C12H14N4OS2. The van der Waals surface area contributed by atoms with E-state index in [0.29, 0.717) is 5.13 Å². The van der Waals surface area contributed by atoms with Gasteiger partial charge in [-0.2, -0.15) is 0 Å². The van der Waals surface area contributed by atoms with Gasteiger partial charge in [-0.05, 0) is 26.8 Å². The molecule has 2 aromatic heterocycles. The van der Waals surface area contributed by atoms with Crippen LogP contribution < -0.4 is 5.32 Å². The Morgan fingerprint density at radius 1 is 1.37 bits per heavy atom. The molecule has 0 radical (unpaired) electrons. The van der Waals surface area contributed by atoms with E-state index < -0.39 is 0 Å². The van der Waals surface area contributed by atoms with Gasteiger partial charge < -0.3 is 5.32 Å². The summed E-state index contributed by atoms with van der Waals surface area (Å²) in [6.45, 7) is 5.64. The molecule has 1 N–H and O–H groups in total. The summed E-state index contributed by atoms with van der Waals surface area (Å²) in [6, 6.07) is 1.86. The van der Waals surface area contributed by atoms with Crippen molar-refractivity contribution < 1.29 is 4.79 Å². The number of aryl methyl sites for hydroxylation is 2. The Kier molecular flexibility index (Phi) is 4.49. The maximum Gasteiger partial charge on any atom is 0.239 e. The molecule has 0 aliphatic heterocycles. The van der Waals surface area contributed by atoms with Crippen LogP contribution >= 0.6 is 23.1 Å². The largest absolute Gasteiger partial charge is 0.301 e. The number of nitrogens with zero attached hydrogens (tertiary/aromatic N) is 3. The molecule has 0 saturated carbocycles. The average molecular weight is 294 g/mol. The highest BCUT2D eigenvalue weighted by Gasteiger charge is 2.16. The molecule has 5 nitrogen and oxygen atoms in total. The fraction of sp³-hybridized carbons (Fsp3) is 0.333. The third kappa shape index (κ3) is 4.00. The van der Waals surface area contributed by atoms with E-state index in [1.165, 1.54) is 29.4 Å². The van der Waals surface area contributed by atoms with Gasteiger partial charge in [0.05, 0.1) is 10.9 Å². The molecular weight excluding hydrogens is 280 g/mol. The normalized spacial score (nSPS) is 12.2. The number of anilines is 1. The standard InChI is InChI=1S/C12H14N4OS2/c1-7-4-10(14-6-13-7)19-9(3)11(17)16-12-15-8(2)5-18-12/h4-6,9H,1-3H3,(H,15,16,17)/t9-/m1/s1. The lowest BCUT2D eigenvalue weighted by molar-refractivity contribution is -0.115. The second-order valence-corrected chi connectivity index (χ2v) is 6.26. The lowest BCUT2D eigenvalue weighted by Crippen LogP contribution is -2.22. The Bertz CT molecular complexity index is 585. The summed E-state index contributed by atoms with van der Waals surface area (Å²) in [7, 11) is 0. The van der Waals surface area contributed by atoms with Crippen molar-refractivity contribution in [1.82, 2.24) is 15.0 Å². The van der Waals surface area contributed by atoms with E-state index in [1.54, 1.807) is 0 Å². The van der Waals surface area contributed by atoms with E-state index in [1.807, 2.05) is 32.2 Å². The van der Waals surface area contributed by atoms with Crippen molar-refractivity contribution in [3.8, 4) is 0 Å². The first kappa shape index (κ1) is 14.0. The number of carbonyl (C=O) groups excluding carboxylic acids is 1. The monoisotopic (exact) mass is 294 g/mol. The highest BCUT2D eigenvalue weighted by molar-refractivity contribution is 8.00. The maximum absolute atomic E-state index is 12.0. The molecule has 1 amide bonds. The molecule has 100 valence electrons. The van der Waals surface area contributed by atoms with Crippen LogP contribution in [0.2, 0.25) is 0 Å². The molecule has 0 aliphatic rings. The van der Waals surface area contributed by atoms with Gasteiger partial charge in [-0.1, -0.05) is 11.8 Å². The van der Waals surface area contributed by atoms with Gasteiger partial charge in [0.1, 0.15) is 11.4 Å². The van der Waals surface area contributed by atoms with E-state index in [4.69, 9.17) is 0 Å². The summed E-state index contributed by atoms with van der Waals surface area (Å²) in [5.74, 6) is -0.0735. The number of nitrogens with one attached hydrogen (secondary N) is 1. The topological polar surface area (TPSA) is 67.8 Å². The van der Waals surface area contributed by atoms with Crippen molar-refractivity contribution in [3.63, 3.8) is 0 Å². The molecule has 0 fully saturated rings. The van der Waals surface area contributed by atoms with Crippen molar-refractivity contribution in [3.05, 3.63) is 29.2 Å². The second-order valence-electron chi connectivity index (χ2n) is 4.04. The molecule has 19 heavy (non-hydrogen) atoms. The molecule has 0 unspecified atom stereocenters. The highest BCUT2D eigenvalue weighted by atomic mass is 32.2. The van der Waals surface area contributed by atoms with Gasteiger partial charge in [-0.3, -0.25) is 4.79 Å². The fourth-order valence-corrected chi connectivity index (χ4v) is 2.91. The number of rotatable bonds is 4. The van der Waals surface area contributed by atoms with Crippen molar-refractivity contribution in [2.45, 2.75) is 31.0 Å². The number of thiazole rings is 1. The van der Waals surface area contributed by atoms with Crippen LogP contribution in [0.3, 0.4) is 0 Å². The summed E-state index contributed by atoms with van der Waals surface area (Å²) in [5.41, 5.74) is 1.80. The number of thioether (sulfide) groups is 1. The van der Waals surface area contributed by atoms with Gasteiger partial charge in [-0.25, -0.2) is 15.0 Å². The summed E-state index contributed by atoms with van der Waals surface area (Å²) in [6.07, 6.45) is 1.51. The van der Waals surface area contributed by atoms with E-state index in [2.05, 4.69) is 20.3 Å². The molecule has 0 aromatic carbocycles. The van der Waals surface area contributed by atoms with Gasteiger partial charge >= 0.3 is 0 Å². The Balaban J connectivity index is 1.96. The molecule has 2 heterocycles. The molecule has 0 spiro atoms. The number of hydrogen-bond acceptors (Lipinski definition) is 6. The minimum absolute atomic E-state index is 0.0735. The van der Waals surface area contributed by atoms with Gasteiger partial charge in [0, 0.05) is 11.1 Å². The molecule has 1 atom stereocenters. The van der Waals surface area contributed by atoms with E-state index in [9.17, 15) is 4.79 Å². The minimum Gasteiger partial charge on any atom is -0.301 e. The van der Waals surface area contributed by atoms with Crippen LogP contribution in [-0.2, 0) is 4.79 Å². The van der Waals surface area contributed by atoms with Crippen molar-refractivity contribution >= 4 is 34.1 Å². The van der Waals surface area contributed by atoms with E-state index >= 15 is 0 Å². The van der Waals surface area contributed by atoms with E-state index in [-0.39, 0.29) is 11.2 Å². The third-order valence-corrected chi connectivity index (χ3v) is 4.20. The first-order valence-electron chi connectivity index (χ1n) is 5.73. The first-order chi connectivity index (χ1) is 9.04. The predicted molar refractivity (Wildman–Crippen MR) is 77.6 cm³/mol. The molecule has 2 rings (SSSR count). The van der Waals surface area contributed by atoms with Crippen LogP contribution in [0.4, 0.5) is 5.13 Å². The number of amides is 1. The zero-order valence-corrected chi connectivity index (χ0v) is 12.5. The summed E-state index contributed by atoms with van der Waals surface area (Å²) < 4.78 is 0. The fourth-order valence-electron chi connectivity index (χ4n) is 1.35. The van der Waals surface area contributed by atoms with E-state index in [0.717, 1.165) is 16.4 Å². The van der Waals surface area contributed by atoms with Crippen LogP contribution in [0.5, 0.6) is 0 Å². The van der Waals surface area contributed by atoms with Crippen molar-refractivity contribution in [1.29, 1.82) is 0 Å². The Labute approximate surface area is 119 Å². The smallest absolute Gasteiger partial charge is 0.239 e. The third-order valence-electron chi connectivity index (χ3n) is 2.29. The van der Waals surface area contributed by atoms with Crippen LogP contribution in [-0.4, -0.2) is 26.1 Å². The van der Waals surface area contributed by atoms with Gasteiger partial charge in [-0.15, -0.1) is 11.3 Å². The minimum atomic E-state index is -0.237. The van der Waals surface area contributed by atoms with Crippen LogP contribution in [0.25, 0.3) is 0 Å². The Morgan fingerprint density at radius 3 is 2.79 bits per heavy atom. The molecule has 7 heteroatoms. The van der Waals surface area contributed by atoms with Crippen LogP contribution in [0.1, 0.15) is 18.3 Å². The predicted octanol–water partition coefficient (Wildman–Crippen LogP) is 2.67. The molecule has 0 aliphatic carbocycles. The second kappa shape index (κ2) is 6.12.